The molecular formula is C18H28O2. The smallest absolute Gasteiger partial charge is 0.330 e. The molecule has 4 fully saturated rings. The minimum Gasteiger partial charge on any atom is -0.455 e. The Balaban J connectivity index is 1.88. The number of hydrogen-bond acceptors (Lipinski definition) is 2. The zero-order valence-corrected chi connectivity index (χ0v) is 12.9. The molecule has 0 saturated heterocycles. The summed E-state index contributed by atoms with van der Waals surface area (Å²) in [5, 5.41) is 0. The molecule has 0 heterocycles. The molecule has 0 N–H and O–H groups in total. The van der Waals surface area contributed by atoms with E-state index in [1.807, 2.05) is 0 Å². The normalized spacial score (nSPS) is 43.3. The van der Waals surface area contributed by atoms with Crippen molar-refractivity contribution in [2.75, 3.05) is 0 Å². The first-order valence-electron chi connectivity index (χ1n) is 8.42. The molecule has 0 spiro atoms. The number of esters is 1. The molecule has 0 aromatic heterocycles. The highest BCUT2D eigenvalue weighted by Crippen LogP contribution is 2.61. The minimum absolute atomic E-state index is 0.172. The molecule has 0 aliphatic heterocycles. The van der Waals surface area contributed by atoms with Gasteiger partial charge in [0.2, 0.25) is 0 Å². The van der Waals surface area contributed by atoms with Crippen LogP contribution in [0.5, 0.6) is 0 Å². The molecule has 1 unspecified atom stereocenters. The van der Waals surface area contributed by atoms with Crippen molar-refractivity contribution in [3.8, 4) is 0 Å². The van der Waals surface area contributed by atoms with E-state index in [2.05, 4.69) is 20.4 Å². The van der Waals surface area contributed by atoms with Gasteiger partial charge in [-0.2, -0.15) is 0 Å². The van der Waals surface area contributed by atoms with Gasteiger partial charge in [0.15, 0.2) is 0 Å². The molecule has 20 heavy (non-hydrogen) atoms. The van der Waals surface area contributed by atoms with Crippen LogP contribution in [0.3, 0.4) is 0 Å². The predicted octanol–water partition coefficient (Wildman–Crippen LogP) is 4.35. The Morgan fingerprint density at radius 1 is 1.25 bits per heavy atom. The molecule has 0 radical (unpaired) electrons. The van der Waals surface area contributed by atoms with Gasteiger partial charge in [0, 0.05) is 6.08 Å². The largest absolute Gasteiger partial charge is 0.455 e. The quantitative estimate of drug-likeness (QED) is 0.551. The summed E-state index contributed by atoms with van der Waals surface area (Å²) in [6.45, 7) is 8.14. The summed E-state index contributed by atoms with van der Waals surface area (Å²) in [5.74, 6) is 3.45. The van der Waals surface area contributed by atoms with Crippen LogP contribution in [0.4, 0.5) is 0 Å². The Hall–Kier alpha value is -0.790. The summed E-state index contributed by atoms with van der Waals surface area (Å²) in [6, 6.07) is 0. The van der Waals surface area contributed by atoms with E-state index in [1.165, 1.54) is 44.6 Å². The second-order valence-corrected chi connectivity index (χ2v) is 7.60. The van der Waals surface area contributed by atoms with Gasteiger partial charge in [0.25, 0.3) is 0 Å². The highest BCUT2D eigenvalue weighted by atomic mass is 16.6. The van der Waals surface area contributed by atoms with E-state index >= 15 is 0 Å². The maximum Gasteiger partial charge on any atom is 0.330 e. The van der Waals surface area contributed by atoms with Gasteiger partial charge >= 0.3 is 5.97 Å². The van der Waals surface area contributed by atoms with Gasteiger partial charge in [0.05, 0.1) is 0 Å². The Labute approximate surface area is 123 Å². The van der Waals surface area contributed by atoms with Crippen LogP contribution in [-0.4, -0.2) is 11.6 Å². The molecule has 4 rings (SSSR count). The third-order valence-electron chi connectivity index (χ3n) is 6.34. The summed E-state index contributed by atoms with van der Waals surface area (Å²) < 4.78 is 6.08. The van der Waals surface area contributed by atoms with E-state index in [4.69, 9.17) is 4.74 Å². The Morgan fingerprint density at radius 3 is 2.25 bits per heavy atom. The summed E-state index contributed by atoms with van der Waals surface area (Å²) in [7, 11) is 0. The predicted molar refractivity (Wildman–Crippen MR) is 80.1 cm³/mol. The van der Waals surface area contributed by atoms with Gasteiger partial charge in [0.1, 0.15) is 5.60 Å². The number of carbonyl (C=O) groups is 1. The van der Waals surface area contributed by atoms with Gasteiger partial charge in [-0.05, 0) is 68.1 Å². The van der Waals surface area contributed by atoms with Crippen molar-refractivity contribution in [3.63, 3.8) is 0 Å². The van der Waals surface area contributed by atoms with E-state index in [0.717, 1.165) is 18.3 Å². The number of carbonyl (C=O) groups excluding carboxylic acids is 1. The summed E-state index contributed by atoms with van der Waals surface area (Å²) >= 11 is 0. The monoisotopic (exact) mass is 276 g/mol. The second-order valence-electron chi connectivity index (χ2n) is 7.60. The van der Waals surface area contributed by atoms with Crippen LogP contribution in [-0.2, 0) is 9.53 Å². The molecule has 0 aromatic carbocycles. The maximum absolute atomic E-state index is 11.9. The van der Waals surface area contributed by atoms with Crippen molar-refractivity contribution in [3.05, 3.63) is 12.7 Å². The molecule has 0 amide bonds. The molecule has 112 valence electrons. The van der Waals surface area contributed by atoms with Crippen molar-refractivity contribution in [2.45, 2.75) is 64.4 Å². The fourth-order valence-electron chi connectivity index (χ4n) is 5.44. The zero-order chi connectivity index (χ0) is 14.3. The van der Waals surface area contributed by atoms with Crippen LogP contribution in [0.25, 0.3) is 0 Å². The second kappa shape index (κ2) is 5.20. The van der Waals surface area contributed by atoms with Crippen molar-refractivity contribution in [1.82, 2.24) is 0 Å². The molecule has 4 aliphatic rings. The minimum atomic E-state index is -0.208. The van der Waals surface area contributed by atoms with E-state index < -0.39 is 0 Å². The fourth-order valence-corrected chi connectivity index (χ4v) is 5.44. The first kappa shape index (κ1) is 14.2. The molecule has 2 nitrogen and oxygen atoms in total. The highest BCUT2D eigenvalue weighted by Gasteiger charge is 2.59. The van der Waals surface area contributed by atoms with Crippen LogP contribution in [0, 0.1) is 29.6 Å². The lowest BCUT2D eigenvalue weighted by Crippen LogP contribution is -2.60. The van der Waals surface area contributed by atoms with Gasteiger partial charge < -0.3 is 4.74 Å². The molecule has 4 saturated carbocycles. The van der Waals surface area contributed by atoms with Crippen molar-refractivity contribution < 1.29 is 9.53 Å². The average molecular weight is 276 g/mol. The van der Waals surface area contributed by atoms with Crippen molar-refractivity contribution in [2.24, 2.45) is 29.6 Å². The SMILES string of the molecule is C=CC(=O)OC1(CC(C)CC)C2CC3CC(C2)CC1C3. The van der Waals surface area contributed by atoms with Crippen LogP contribution in [0.1, 0.15) is 58.8 Å². The third-order valence-corrected chi connectivity index (χ3v) is 6.34. The highest BCUT2D eigenvalue weighted by molar-refractivity contribution is 5.81. The summed E-state index contributed by atoms with van der Waals surface area (Å²) in [6.07, 6.45) is 10.1. The van der Waals surface area contributed by atoms with E-state index in [1.54, 1.807) is 0 Å². The first-order valence-corrected chi connectivity index (χ1v) is 8.42. The third kappa shape index (κ3) is 2.21. The average Bonchev–Trinajstić information content (AvgIpc) is 2.43. The van der Waals surface area contributed by atoms with Gasteiger partial charge in [-0.3, -0.25) is 0 Å². The Kier molecular flexibility index (Phi) is 3.68. The Bertz CT molecular complexity index is 370. The van der Waals surface area contributed by atoms with Crippen LogP contribution in [0.2, 0.25) is 0 Å². The first-order chi connectivity index (χ1) is 9.57. The van der Waals surface area contributed by atoms with E-state index in [9.17, 15) is 4.79 Å². The summed E-state index contributed by atoms with van der Waals surface area (Å²) in [4.78, 5) is 11.9. The molecule has 4 aliphatic carbocycles. The van der Waals surface area contributed by atoms with Gasteiger partial charge in [-0.25, -0.2) is 4.79 Å². The maximum atomic E-state index is 11.9. The lowest BCUT2D eigenvalue weighted by Gasteiger charge is -2.60. The van der Waals surface area contributed by atoms with E-state index in [0.29, 0.717) is 17.8 Å². The molecule has 2 heteroatoms. The molecule has 1 atom stereocenters. The molecule has 4 bridgehead atoms. The standard InChI is InChI=1S/C18H28O2/c1-4-12(3)11-18(20-17(19)5-2)15-7-13-6-14(9-15)10-16(18)8-13/h5,12-16H,2,4,6-11H2,1,3H3. The van der Waals surface area contributed by atoms with E-state index in [-0.39, 0.29) is 11.6 Å². The van der Waals surface area contributed by atoms with Crippen molar-refractivity contribution >= 4 is 5.97 Å². The molecule has 0 aromatic rings. The number of rotatable bonds is 5. The van der Waals surface area contributed by atoms with Crippen LogP contribution in [0.15, 0.2) is 12.7 Å². The number of hydrogen-bond donors (Lipinski definition) is 0. The van der Waals surface area contributed by atoms with Gasteiger partial charge in [-0.15, -0.1) is 0 Å². The number of ether oxygens (including phenoxy) is 1. The van der Waals surface area contributed by atoms with Crippen LogP contribution >= 0.6 is 0 Å². The lowest BCUT2D eigenvalue weighted by molar-refractivity contribution is -0.211. The fraction of sp³-hybridized carbons (Fsp3) is 0.833. The Morgan fingerprint density at radius 2 is 1.80 bits per heavy atom. The lowest BCUT2D eigenvalue weighted by atomic mass is 9.48. The van der Waals surface area contributed by atoms with Gasteiger partial charge in [-0.1, -0.05) is 26.8 Å². The zero-order valence-electron chi connectivity index (χ0n) is 12.9. The molecular weight excluding hydrogens is 248 g/mol. The van der Waals surface area contributed by atoms with Crippen molar-refractivity contribution in [1.29, 1.82) is 0 Å². The summed E-state index contributed by atoms with van der Waals surface area (Å²) in [5.41, 5.74) is -0.172. The topological polar surface area (TPSA) is 26.3 Å². The van der Waals surface area contributed by atoms with Crippen LogP contribution < -0.4 is 0 Å².